The van der Waals surface area contributed by atoms with Crippen molar-refractivity contribution < 1.29 is 19.2 Å². The maximum absolute atomic E-state index is 12.6. The number of non-ortho nitro benzene ring substituents is 1. The highest BCUT2D eigenvalue weighted by atomic mass is 35.5. The largest absolute Gasteiger partial charge is 0.491 e. The fraction of sp³-hybridized carbons (Fsp3) is 0.176. The molecule has 142 valence electrons. The van der Waals surface area contributed by atoms with E-state index in [0.29, 0.717) is 5.02 Å². The molecule has 0 saturated heterocycles. The summed E-state index contributed by atoms with van der Waals surface area (Å²) in [6.07, 6.45) is 0. The van der Waals surface area contributed by atoms with Gasteiger partial charge in [-0.15, -0.1) is 0 Å². The van der Waals surface area contributed by atoms with Crippen molar-refractivity contribution in [2.24, 2.45) is 0 Å². The number of carbonyl (C=O) groups excluding carboxylic acids is 2. The Hall–Kier alpha value is -2.84. The number of carbonyl (C=O) groups is 2. The average Bonchev–Trinajstić information content (AvgIpc) is 2.60. The summed E-state index contributed by atoms with van der Waals surface area (Å²) in [7, 11) is 0. The first-order valence-electron chi connectivity index (χ1n) is 7.70. The van der Waals surface area contributed by atoms with Crippen LogP contribution >= 0.6 is 23.2 Å². The van der Waals surface area contributed by atoms with Crippen LogP contribution in [0.4, 0.5) is 11.4 Å². The third kappa shape index (κ3) is 5.83. The van der Waals surface area contributed by atoms with E-state index in [4.69, 9.17) is 27.9 Å². The molecule has 10 heteroatoms. The van der Waals surface area contributed by atoms with E-state index in [-0.39, 0.29) is 46.8 Å². The molecule has 27 heavy (non-hydrogen) atoms. The van der Waals surface area contributed by atoms with Crippen molar-refractivity contribution in [1.82, 2.24) is 5.32 Å². The standard InChI is InChI=1S/C17H15Cl2N3O5/c1-10(23)20-6-7-27-16-5-2-11(18)8-13(16)17(24)21-15-4-3-12(22(25)26)9-14(15)19/h2-5,8-9H,6-7H2,1H3,(H,20,23)(H,21,24). The molecule has 0 atom stereocenters. The van der Waals surface area contributed by atoms with Crippen molar-refractivity contribution in [2.75, 3.05) is 18.5 Å². The fourth-order valence-corrected chi connectivity index (χ4v) is 2.50. The molecule has 0 aromatic heterocycles. The fourth-order valence-electron chi connectivity index (χ4n) is 2.10. The second-order valence-corrected chi connectivity index (χ2v) is 6.19. The molecule has 8 nitrogen and oxygen atoms in total. The molecule has 2 aromatic carbocycles. The van der Waals surface area contributed by atoms with Crippen LogP contribution in [0.5, 0.6) is 5.75 Å². The average molecular weight is 412 g/mol. The number of nitrogens with zero attached hydrogens (tertiary/aromatic N) is 1. The van der Waals surface area contributed by atoms with Crippen LogP contribution < -0.4 is 15.4 Å². The summed E-state index contributed by atoms with van der Waals surface area (Å²) >= 11 is 12.0. The molecule has 0 aliphatic rings. The Kier molecular flexibility index (Phi) is 6.98. The lowest BCUT2D eigenvalue weighted by Crippen LogP contribution is -2.25. The van der Waals surface area contributed by atoms with Crippen molar-refractivity contribution >= 4 is 46.4 Å². The number of anilines is 1. The number of hydrogen-bond acceptors (Lipinski definition) is 5. The van der Waals surface area contributed by atoms with E-state index in [0.717, 1.165) is 6.07 Å². The van der Waals surface area contributed by atoms with Crippen LogP contribution in [0.1, 0.15) is 17.3 Å². The number of halogens is 2. The molecule has 2 aromatic rings. The number of ether oxygens (including phenoxy) is 1. The van der Waals surface area contributed by atoms with Crippen LogP contribution in [0.3, 0.4) is 0 Å². The summed E-state index contributed by atoms with van der Waals surface area (Å²) in [6.45, 7) is 1.81. The van der Waals surface area contributed by atoms with Crippen LogP contribution in [-0.4, -0.2) is 29.9 Å². The molecule has 0 aliphatic carbocycles. The number of nitro benzene ring substituents is 1. The lowest BCUT2D eigenvalue weighted by molar-refractivity contribution is -0.384. The van der Waals surface area contributed by atoms with Gasteiger partial charge in [-0.3, -0.25) is 19.7 Å². The van der Waals surface area contributed by atoms with Crippen LogP contribution in [0.2, 0.25) is 10.0 Å². The van der Waals surface area contributed by atoms with Gasteiger partial charge >= 0.3 is 0 Å². The van der Waals surface area contributed by atoms with Gasteiger partial charge in [0, 0.05) is 24.1 Å². The van der Waals surface area contributed by atoms with Crippen LogP contribution in [0, 0.1) is 10.1 Å². The first-order chi connectivity index (χ1) is 12.8. The molecule has 0 fully saturated rings. The Morgan fingerprint density at radius 1 is 1.19 bits per heavy atom. The predicted molar refractivity (Wildman–Crippen MR) is 102 cm³/mol. The molecule has 0 aliphatic heterocycles. The van der Waals surface area contributed by atoms with E-state index >= 15 is 0 Å². The summed E-state index contributed by atoms with van der Waals surface area (Å²) in [5.74, 6) is -0.483. The van der Waals surface area contributed by atoms with Gasteiger partial charge in [0.2, 0.25) is 5.91 Å². The summed E-state index contributed by atoms with van der Waals surface area (Å²) in [6, 6.07) is 8.21. The Labute approximate surface area is 164 Å². The molecule has 0 heterocycles. The zero-order chi connectivity index (χ0) is 20.0. The van der Waals surface area contributed by atoms with Gasteiger partial charge in [-0.1, -0.05) is 23.2 Å². The monoisotopic (exact) mass is 411 g/mol. The molecule has 0 radical (unpaired) electrons. The predicted octanol–water partition coefficient (Wildman–Crippen LogP) is 3.67. The third-order valence-electron chi connectivity index (χ3n) is 3.33. The first kappa shape index (κ1) is 20.5. The summed E-state index contributed by atoms with van der Waals surface area (Å²) < 4.78 is 5.53. The molecule has 0 saturated carbocycles. The highest BCUT2D eigenvalue weighted by Crippen LogP contribution is 2.29. The summed E-state index contributed by atoms with van der Waals surface area (Å²) in [4.78, 5) is 33.6. The number of benzene rings is 2. The van der Waals surface area contributed by atoms with Crippen LogP contribution in [0.25, 0.3) is 0 Å². The summed E-state index contributed by atoms with van der Waals surface area (Å²) in [5.41, 5.74) is 0.166. The van der Waals surface area contributed by atoms with Gasteiger partial charge in [-0.05, 0) is 24.3 Å². The number of rotatable bonds is 7. The van der Waals surface area contributed by atoms with Gasteiger partial charge in [-0.2, -0.15) is 0 Å². The van der Waals surface area contributed by atoms with E-state index in [1.807, 2.05) is 0 Å². The Morgan fingerprint density at radius 3 is 2.56 bits per heavy atom. The van der Waals surface area contributed by atoms with Crippen molar-refractivity contribution in [3.8, 4) is 5.75 Å². The molecule has 2 N–H and O–H groups in total. The highest BCUT2D eigenvalue weighted by molar-refractivity contribution is 6.34. The highest BCUT2D eigenvalue weighted by Gasteiger charge is 2.17. The molecule has 0 spiro atoms. The Bertz CT molecular complexity index is 889. The number of hydrogen-bond donors (Lipinski definition) is 2. The van der Waals surface area contributed by atoms with Crippen molar-refractivity contribution in [3.63, 3.8) is 0 Å². The minimum Gasteiger partial charge on any atom is -0.491 e. The number of nitrogens with one attached hydrogen (secondary N) is 2. The lowest BCUT2D eigenvalue weighted by Gasteiger charge is -2.13. The van der Waals surface area contributed by atoms with Crippen molar-refractivity contribution in [2.45, 2.75) is 6.92 Å². The van der Waals surface area contributed by atoms with Crippen molar-refractivity contribution in [1.29, 1.82) is 0 Å². The maximum atomic E-state index is 12.6. The van der Waals surface area contributed by atoms with Gasteiger partial charge in [0.05, 0.1) is 27.7 Å². The van der Waals surface area contributed by atoms with Gasteiger partial charge in [0.1, 0.15) is 12.4 Å². The van der Waals surface area contributed by atoms with Crippen LogP contribution in [-0.2, 0) is 4.79 Å². The quantitative estimate of drug-likeness (QED) is 0.410. The molecule has 2 amide bonds. The van der Waals surface area contributed by atoms with E-state index in [1.54, 1.807) is 6.07 Å². The second-order valence-electron chi connectivity index (χ2n) is 5.35. The van der Waals surface area contributed by atoms with Gasteiger partial charge < -0.3 is 15.4 Å². The molecular formula is C17H15Cl2N3O5. The van der Waals surface area contributed by atoms with Gasteiger partial charge in [-0.25, -0.2) is 0 Å². The van der Waals surface area contributed by atoms with E-state index in [9.17, 15) is 19.7 Å². The third-order valence-corrected chi connectivity index (χ3v) is 3.88. The van der Waals surface area contributed by atoms with Crippen LogP contribution in [0.15, 0.2) is 36.4 Å². The molecule has 0 bridgehead atoms. The number of amides is 2. The minimum atomic E-state index is -0.588. The normalized spacial score (nSPS) is 10.2. The SMILES string of the molecule is CC(=O)NCCOc1ccc(Cl)cc1C(=O)Nc1ccc([N+](=O)[O-])cc1Cl. The topological polar surface area (TPSA) is 111 Å². The van der Waals surface area contributed by atoms with E-state index < -0.39 is 10.8 Å². The summed E-state index contributed by atoms with van der Waals surface area (Å²) in [5, 5.41) is 16.2. The minimum absolute atomic E-state index is 0.0210. The second kappa shape index (κ2) is 9.20. The maximum Gasteiger partial charge on any atom is 0.271 e. The zero-order valence-electron chi connectivity index (χ0n) is 14.1. The molecule has 2 rings (SSSR count). The van der Waals surface area contributed by atoms with Gasteiger partial charge in [0.25, 0.3) is 11.6 Å². The van der Waals surface area contributed by atoms with E-state index in [2.05, 4.69) is 10.6 Å². The van der Waals surface area contributed by atoms with E-state index in [1.165, 1.54) is 31.2 Å². The Morgan fingerprint density at radius 2 is 1.93 bits per heavy atom. The molecular weight excluding hydrogens is 397 g/mol. The molecule has 0 unspecified atom stereocenters. The first-order valence-corrected chi connectivity index (χ1v) is 8.45. The van der Waals surface area contributed by atoms with Gasteiger partial charge in [0.15, 0.2) is 0 Å². The van der Waals surface area contributed by atoms with Crippen molar-refractivity contribution in [3.05, 3.63) is 62.1 Å². The zero-order valence-corrected chi connectivity index (χ0v) is 15.6. The number of nitro groups is 1. The smallest absolute Gasteiger partial charge is 0.271 e. The lowest BCUT2D eigenvalue weighted by atomic mass is 10.1. The Balaban J connectivity index is 2.16.